The number of rotatable bonds is 2. The van der Waals surface area contributed by atoms with Crippen LogP contribution < -0.4 is 10.5 Å². The van der Waals surface area contributed by atoms with Crippen molar-refractivity contribution in [3.63, 3.8) is 0 Å². The normalized spacial score (nSPS) is 10.7. The van der Waals surface area contributed by atoms with Gasteiger partial charge in [0.2, 0.25) is 0 Å². The van der Waals surface area contributed by atoms with Gasteiger partial charge in [0, 0.05) is 3.57 Å². The number of ether oxygens (including phenoxy) is 1. The van der Waals surface area contributed by atoms with Crippen LogP contribution in [0.3, 0.4) is 0 Å². The molecule has 0 fully saturated rings. The van der Waals surface area contributed by atoms with Gasteiger partial charge >= 0.3 is 0 Å². The van der Waals surface area contributed by atoms with E-state index < -0.39 is 0 Å². The van der Waals surface area contributed by atoms with E-state index in [4.69, 9.17) is 10.5 Å². The molecule has 2 aromatic carbocycles. The summed E-state index contributed by atoms with van der Waals surface area (Å²) in [4.78, 5) is 4.25. The van der Waals surface area contributed by atoms with E-state index in [0.29, 0.717) is 11.4 Å². The largest absolute Gasteiger partial charge is 0.455 e. The molecule has 3 rings (SSSR count). The van der Waals surface area contributed by atoms with Gasteiger partial charge in [-0.3, -0.25) is 0 Å². The molecule has 0 bridgehead atoms. The number of nitrogens with zero attached hydrogens (tertiary/aromatic N) is 1. The molecular formula is C13H9IN2OS. The van der Waals surface area contributed by atoms with Gasteiger partial charge < -0.3 is 10.5 Å². The molecule has 5 heteroatoms. The van der Waals surface area contributed by atoms with Crippen LogP contribution in [0.5, 0.6) is 11.5 Å². The van der Waals surface area contributed by atoms with Crippen molar-refractivity contribution in [1.82, 2.24) is 4.98 Å². The van der Waals surface area contributed by atoms with Crippen molar-refractivity contribution in [2.24, 2.45) is 0 Å². The second-order valence-electron chi connectivity index (χ2n) is 3.74. The van der Waals surface area contributed by atoms with Crippen LogP contribution in [0.4, 0.5) is 5.69 Å². The minimum absolute atomic E-state index is 0.590. The summed E-state index contributed by atoms with van der Waals surface area (Å²) in [6.07, 6.45) is 0. The molecule has 0 radical (unpaired) electrons. The van der Waals surface area contributed by atoms with Gasteiger partial charge in [-0.05, 0) is 52.9 Å². The van der Waals surface area contributed by atoms with Crippen molar-refractivity contribution < 1.29 is 4.74 Å². The number of nitrogens with two attached hydrogens (primary N) is 1. The van der Waals surface area contributed by atoms with E-state index in [9.17, 15) is 0 Å². The second kappa shape index (κ2) is 4.74. The summed E-state index contributed by atoms with van der Waals surface area (Å²) < 4.78 is 8.00. The molecule has 0 amide bonds. The fourth-order valence-corrected chi connectivity index (χ4v) is 2.89. The number of benzene rings is 2. The van der Waals surface area contributed by atoms with Crippen molar-refractivity contribution in [2.75, 3.05) is 5.73 Å². The van der Waals surface area contributed by atoms with Gasteiger partial charge in [-0.25, -0.2) is 4.98 Å². The van der Waals surface area contributed by atoms with Crippen molar-refractivity contribution >= 4 is 49.8 Å². The van der Waals surface area contributed by atoms with Crippen LogP contribution in [-0.4, -0.2) is 4.98 Å². The molecule has 3 nitrogen and oxygen atoms in total. The maximum Gasteiger partial charge on any atom is 0.152 e. The Kier molecular flexibility index (Phi) is 3.09. The lowest BCUT2D eigenvalue weighted by atomic mass is 10.2. The summed E-state index contributed by atoms with van der Waals surface area (Å²) in [5, 5.41) is 0. The van der Waals surface area contributed by atoms with E-state index in [1.54, 1.807) is 16.8 Å². The van der Waals surface area contributed by atoms with Crippen LogP contribution in [0.25, 0.3) is 10.2 Å². The number of thiazole rings is 1. The predicted octanol–water partition coefficient (Wildman–Crippen LogP) is 4.28. The predicted molar refractivity (Wildman–Crippen MR) is 83.3 cm³/mol. The third kappa shape index (κ3) is 2.15. The summed E-state index contributed by atoms with van der Waals surface area (Å²) in [5.74, 6) is 1.43. The highest BCUT2D eigenvalue weighted by atomic mass is 127. The topological polar surface area (TPSA) is 48.1 Å². The average Bonchev–Trinajstić information content (AvgIpc) is 2.82. The first-order chi connectivity index (χ1) is 8.74. The van der Waals surface area contributed by atoms with Gasteiger partial charge in [0.05, 0.1) is 10.2 Å². The Morgan fingerprint density at radius 3 is 2.94 bits per heavy atom. The van der Waals surface area contributed by atoms with Crippen molar-refractivity contribution in [1.29, 1.82) is 0 Å². The SMILES string of the molecule is Nc1c(Oc2cccc(I)c2)ccc2scnc12. The summed E-state index contributed by atoms with van der Waals surface area (Å²) in [7, 11) is 0. The maximum absolute atomic E-state index is 6.07. The van der Waals surface area contributed by atoms with Gasteiger partial charge in [-0.15, -0.1) is 11.3 Å². The number of nitrogen functional groups attached to an aromatic ring is 1. The zero-order valence-corrected chi connectivity index (χ0v) is 12.2. The van der Waals surface area contributed by atoms with Crippen molar-refractivity contribution in [2.45, 2.75) is 0 Å². The molecule has 18 heavy (non-hydrogen) atoms. The third-order valence-electron chi connectivity index (χ3n) is 2.53. The molecule has 3 aromatic rings. The molecule has 0 aliphatic carbocycles. The van der Waals surface area contributed by atoms with Gasteiger partial charge in [-0.2, -0.15) is 0 Å². The first-order valence-corrected chi connectivity index (χ1v) is 7.25. The van der Waals surface area contributed by atoms with E-state index in [1.807, 2.05) is 36.4 Å². The first kappa shape index (κ1) is 11.7. The Hall–Kier alpha value is -1.34. The first-order valence-electron chi connectivity index (χ1n) is 5.29. The summed E-state index contributed by atoms with van der Waals surface area (Å²) >= 11 is 3.82. The summed E-state index contributed by atoms with van der Waals surface area (Å²) in [6.45, 7) is 0. The zero-order valence-electron chi connectivity index (χ0n) is 9.26. The Labute approximate surface area is 122 Å². The number of hydrogen-bond donors (Lipinski definition) is 1. The summed E-state index contributed by atoms with van der Waals surface area (Å²) in [5.41, 5.74) is 9.25. The molecule has 0 saturated carbocycles. The van der Waals surface area contributed by atoms with Gasteiger partial charge in [0.15, 0.2) is 5.75 Å². The Morgan fingerprint density at radius 1 is 1.22 bits per heavy atom. The summed E-state index contributed by atoms with van der Waals surface area (Å²) in [6, 6.07) is 11.7. The molecule has 0 saturated heterocycles. The Bertz CT molecular complexity index is 711. The van der Waals surface area contributed by atoms with Crippen LogP contribution in [0, 0.1) is 3.57 Å². The van der Waals surface area contributed by atoms with Crippen LogP contribution in [0.1, 0.15) is 0 Å². The van der Waals surface area contributed by atoms with Crippen LogP contribution in [0.15, 0.2) is 41.9 Å². The van der Waals surface area contributed by atoms with Crippen LogP contribution >= 0.6 is 33.9 Å². The molecule has 0 atom stereocenters. The number of aromatic nitrogens is 1. The maximum atomic E-state index is 6.07. The minimum atomic E-state index is 0.590. The van der Waals surface area contributed by atoms with Gasteiger partial charge in [-0.1, -0.05) is 6.07 Å². The Morgan fingerprint density at radius 2 is 2.11 bits per heavy atom. The van der Waals surface area contributed by atoms with Crippen molar-refractivity contribution in [3.8, 4) is 11.5 Å². The number of anilines is 1. The van der Waals surface area contributed by atoms with E-state index in [1.165, 1.54) is 0 Å². The molecule has 0 aliphatic heterocycles. The number of hydrogen-bond acceptors (Lipinski definition) is 4. The highest BCUT2D eigenvalue weighted by Crippen LogP contribution is 2.34. The van der Waals surface area contributed by atoms with E-state index >= 15 is 0 Å². The lowest BCUT2D eigenvalue weighted by Crippen LogP contribution is -1.93. The average molecular weight is 368 g/mol. The fraction of sp³-hybridized carbons (Fsp3) is 0. The fourth-order valence-electron chi connectivity index (χ4n) is 1.68. The van der Waals surface area contributed by atoms with Crippen LogP contribution in [-0.2, 0) is 0 Å². The van der Waals surface area contributed by atoms with Crippen LogP contribution in [0.2, 0.25) is 0 Å². The molecule has 90 valence electrons. The number of fused-ring (bicyclic) bond motifs is 1. The van der Waals surface area contributed by atoms with Gasteiger partial charge in [0.25, 0.3) is 0 Å². The highest BCUT2D eigenvalue weighted by molar-refractivity contribution is 14.1. The lowest BCUT2D eigenvalue weighted by Gasteiger charge is -2.08. The quantitative estimate of drug-likeness (QED) is 0.543. The number of halogens is 1. The monoisotopic (exact) mass is 368 g/mol. The molecule has 0 unspecified atom stereocenters. The molecule has 1 heterocycles. The van der Waals surface area contributed by atoms with E-state index in [2.05, 4.69) is 27.6 Å². The molecule has 1 aromatic heterocycles. The molecule has 0 aliphatic rings. The minimum Gasteiger partial charge on any atom is -0.455 e. The van der Waals surface area contributed by atoms with Gasteiger partial charge in [0.1, 0.15) is 17.0 Å². The molecule has 0 spiro atoms. The smallest absolute Gasteiger partial charge is 0.152 e. The second-order valence-corrected chi connectivity index (χ2v) is 5.87. The van der Waals surface area contributed by atoms with E-state index in [0.717, 1.165) is 19.5 Å². The molecule has 2 N–H and O–H groups in total. The highest BCUT2D eigenvalue weighted by Gasteiger charge is 2.08. The lowest BCUT2D eigenvalue weighted by molar-refractivity contribution is 0.485. The standard InChI is InChI=1S/C13H9IN2OS/c14-8-2-1-3-9(6-8)17-10-4-5-11-13(12(10)15)16-7-18-11/h1-7H,15H2. The Balaban J connectivity index is 2.02. The molecular weight excluding hydrogens is 359 g/mol. The zero-order chi connectivity index (χ0) is 12.5. The van der Waals surface area contributed by atoms with Crippen molar-refractivity contribution in [3.05, 3.63) is 45.5 Å². The third-order valence-corrected chi connectivity index (χ3v) is 3.99. The van der Waals surface area contributed by atoms with E-state index in [-0.39, 0.29) is 0 Å².